The summed E-state index contributed by atoms with van der Waals surface area (Å²) in [5.41, 5.74) is 1.46. The van der Waals surface area contributed by atoms with Gasteiger partial charge in [0.1, 0.15) is 0 Å². The molecular formula is C16H18F2N4O. The van der Waals surface area contributed by atoms with Crippen LogP contribution in [0, 0.1) is 11.3 Å². The lowest BCUT2D eigenvalue weighted by atomic mass is 10.1. The van der Waals surface area contributed by atoms with E-state index < -0.39 is 18.5 Å². The number of hydrogen-bond acceptors (Lipinski definition) is 4. The van der Waals surface area contributed by atoms with Crippen LogP contribution in [0.4, 0.5) is 14.5 Å². The fraction of sp³-hybridized carbons (Fsp3) is 0.500. The standard InChI is InChI=1S/C16H18F2N4O/c17-16(18)5-6-22(10-16)15(23)14-7-13(9-20-14)21-12-3-1-11(8-19)2-4-12/h1-4,13-14,20-21H,5-7,9-10H2/t13-,14-/m0/s1. The molecule has 0 saturated carbocycles. The molecule has 2 atom stereocenters. The maximum atomic E-state index is 13.2. The van der Waals surface area contributed by atoms with E-state index in [4.69, 9.17) is 5.26 Å². The Morgan fingerprint density at radius 1 is 1.39 bits per heavy atom. The number of benzene rings is 1. The van der Waals surface area contributed by atoms with Gasteiger partial charge in [0.2, 0.25) is 5.91 Å². The first-order valence-corrected chi connectivity index (χ1v) is 7.63. The molecule has 2 heterocycles. The topological polar surface area (TPSA) is 68.2 Å². The molecule has 1 amide bonds. The molecule has 7 heteroatoms. The fourth-order valence-corrected chi connectivity index (χ4v) is 3.05. The molecule has 1 aromatic rings. The van der Waals surface area contributed by atoms with Crippen molar-refractivity contribution in [3.8, 4) is 6.07 Å². The van der Waals surface area contributed by atoms with Gasteiger partial charge in [-0.2, -0.15) is 5.26 Å². The molecule has 5 nitrogen and oxygen atoms in total. The summed E-state index contributed by atoms with van der Waals surface area (Å²) in [6, 6.07) is 8.77. The van der Waals surface area contributed by atoms with Crippen LogP contribution in [0.5, 0.6) is 0 Å². The number of nitriles is 1. The van der Waals surface area contributed by atoms with E-state index in [1.54, 1.807) is 12.1 Å². The van der Waals surface area contributed by atoms with Crippen molar-refractivity contribution in [1.82, 2.24) is 10.2 Å². The van der Waals surface area contributed by atoms with E-state index in [1.165, 1.54) is 4.90 Å². The van der Waals surface area contributed by atoms with Gasteiger partial charge in [0, 0.05) is 31.2 Å². The minimum Gasteiger partial charge on any atom is -0.381 e. The summed E-state index contributed by atoms with van der Waals surface area (Å²) in [5.74, 6) is -3.00. The zero-order valence-electron chi connectivity index (χ0n) is 12.6. The number of anilines is 1. The van der Waals surface area contributed by atoms with Gasteiger partial charge in [0.05, 0.1) is 24.2 Å². The Balaban J connectivity index is 1.54. The van der Waals surface area contributed by atoms with Gasteiger partial charge in [-0.1, -0.05) is 0 Å². The van der Waals surface area contributed by atoms with E-state index in [9.17, 15) is 13.6 Å². The molecule has 0 aliphatic carbocycles. The summed E-state index contributed by atoms with van der Waals surface area (Å²) < 4.78 is 26.4. The Morgan fingerprint density at radius 3 is 2.74 bits per heavy atom. The number of nitrogens with one attached hydrogen (secondary N) is 2. The second-order valence-corrected chi connectivity index (χ2v) is 6.09. The van der Waals surface area contributed by atoms with E-state index in [0.29, 0.717) is 18.5 Å². The lowest BCUT2D eigenvalue weighted by Gasteiger charge is -2.20. The first kappa shape index (κ1) is 15.7. The summed E-state index contributed by atoms with van der Waals surface area (Å²) >= 11 is 0. The Hall–Kier alpha value is -2.20. The van der Waals surface area contributed by atoms with Gasteiger partial charge >= 0.3 is 0 Å². The number of halogens is 2. The molecular weight excluding hydrogens is 302 g/mol. The average molecular weight is 320 g/mol. The van der Waals surface area contributed by atoms with Crippen molar-refractivity contribution >= 4 is 11.6 Å². The number of alkyl halides is 2. The smallest absolute Gasteiger partial charge is 0.267 e. The molecule has 0 radical (unpaired) electrons. The molecule has 122 valence electrons. The molecule has 2 fully saturated rings. The van der Waals surface area contributed by atoms with E-state index in [2.05, 4.69) is 16.7 Å². The van der Waals surface area contributed by atoms with E-state index in [1.807, 2.05) is 12.1 Å². The fourth-order valence-electron chi connectivity index (χ4n) is 3.05. The van der Waals surface area contributed by atoms with Gasteiger partial charge in [-0.3, -0.25) is 4.79 Å². The molecule has 2 aliphatic rings. The molecule has 2 aliphatic heterocycles. The highest BCUT2D eigenvalue weighted by Gasteiger charge is 2.43. The summed E-state index contributed by atoms with van der Waals surface area (Å²) in [6.45, 7) is 0.246. The molecule has 0 aromatic heterocycles. The highest BCUT2D eigenvalue weighted by atomic mass is 19.3. The molecule has 1 aromatic carbocycles. The lowest BCUT2D eigenvalue weighted by molar-refractivity contribution is -0.133. The van der Waals surface area contributed by atoms with Crippen LogP contribution >= 0.6 is 0 Å². The normalized spacial score (nSPS) is 26.0. The Morgan fingerprint density at radius 2 is 2.13 bits per heavy atom. The zero-order valence-corrected chi connectivity index (χ0v) is 12.6. The molecule has 0 bridgehead atoms. The highest BCUT2D eigenvalue weighted by Crippen LogP contribution is 2.28. The Bertz CT molecular complexity index is 626. The van der Waals surface area contributed by atoms with Crippen molar-refractivity contribution in [1.29, 1.82) is 5.26 Å². The summed E-state index contributed by atoms with van der Waals surface area (Å²) in [6.07, 6.45) is 0.305. The number of hydrogen-bond donors (Lipinski definition) is 2. The van der Waals surface area contributed by atoms with Gasteiger partial charge < -0.3 is 15.5 Å². The predicted molar refractivity (Wildman–Crippen MR) is 81.1 cm³/mol. The second kappa shape index (κ2) is 6.13. The molecule has 0 spiro atoms. The monoisotopic (exact) mass is 320 g/mol. The van der Waals surface area contributed by atoms with Crippen LogP contribution < -0.4 is 10.6 Å². The second-order valence-electron chi connectivity index (χ2n) is 6.09. The minimum absolute atomic E-state index is 0.0556. The minimum atomic E-state index is -2.76. The zero-order chi connectivity index (χ0) is 16.4. The van der Waals surface area contributed by atoms with E-state index >= 15 is 0 Å². The van der Waals surface area contributed by atoms with Crippen LogP contribution in [0.1, 0.15) is 18.4 Å². The van der Waals surface area contributed by atoms with E-state index in [0.717, 1.165) is 5.69 Å². The third kappa shape index (κ3) is 3.59. The molecule has 23 heavy (non-hydrogen) atoms. The molecule has 2 N–H and O–H groups in total. The number of carbonyl (C=O) groups excluding carboxylic acids is 1. The van der Waals surface area contributed by atoms with Gasteiger partial charge in [-0.25, -0.2) is 8.78 Å². The summed E-state index contributed by atoms with van der Waals surface area (Å²) in [5, 5.41) is 15.2. The predicted octanol–water partition coefficient (Wildman–Crippen LogP) is 1.57. The average Bonchev–Trinajstić information content (AvgIpc) is 3.14. The first-order valence-electron chi connectivity index (χ1n) is 7.63. The maximum absolute atomic E-state index is 13.2. The SMILES string of the molecule is N#Cc1ccc(N[C@@H]2CN[C@H](C(=O)N3CCC(F)(F)C3)C2)cc1. The van der Waals surface area contributed by atoms with Crippen molar-refractivity contribution in [2.24, 2.45) is 0 Å². The van der Waals surface area contributed by atoms with Crippen LogP contribution in [-0.2, 0) is 4.79 Å². The largest absolute Gasteiger partial charge is 0.381 e. The Labute approximate surface area is 133 Å². The third-order valence-electron chi connectivity index (χ3n) is 4.30. The van der Waals surface area contributed by atoms with Crippen LogP contribution in [-0.4, -0.2) is 48.4 Å². The number of nitrogens with zero attached hydrogens (tertiary/aromatic N) is 2. The molecule has 0 unspecified atom stereocenters. The van der Waals surface area contributed by atoms with Crippen molar-refractivity contribution in [3.05, 3.63) is 29.8 Å². The van der Waals surface area contributed by atoms with Crippen molar-refractivity contribution < 1.29 is 13.6 Å². The number of carbonyl (C=O) groups is 1. The maximum Gasteiger partial charge on any atom is 0.267 e. The van der Waals surface area contributed by atoms with Crippen molar-refractivity contribution in [3.63, 3.8) is 0 Å². The van der Waals surface area contributed by atoms with Crippen molar-refractivity contribution in [2.45, 2.75) is 30.8 Å². The Kier molecular flexibility index (Phi) is 4.18. The number of amides is 1. The summed E-state index contributed by atoms with van der Waals surface area (Å²) in [4.78, 5) is 13.5. The van der Waals surface area contributed by atoms with Gasteiger partial charge in [0.15, 0.2) is 0 Å². The van der Waals surface area contributed by atoms with Crippen LogP contribution in [0.3, 0.4) is 0 Å². The van der Waals surface area contributed by atoms with Crippen molar-refractivity contribution in [2.75, 3.05) is 25.0 Å². The molecule has 2 saturated heterocycles. The lowest BCUT2D eigenvalue weighted by Crippen LogP contribution is -2.43. The van der Waals surface area contributed by atoms with Crippen LogP contribution in [0.15, 0.2) is 24.3 Å². The van der Waals surface area contributed by atoms with Gasteiger partial charge in [-0.15, -0.1) is 0 Å². The molecule has 3 rings (SSSR count). The van der Waals surface area contributed by atoms with E-state index in [-0.39, 0.29) is 24.9 Å². The van der Waals surface area contributed by atoms with Crippen LogP contribution in [0.25, 0.3) is 0 Å². The van der Waals surface area contributed by atoms with Crippen LogP contribution in [0.2, 0.25) is 0 Å². The summed E-state index contributed by atoms with van der Waals surface area (Å²) in [7, 11) is 0. The number of likely N-dealkylation sites (tertiary alicyclic amines) is 1. The quantitative estimate of drug-likeness (QED) is 0.887. The van der Waals surface area contributed by atoms with Gasteiger partial charge in [0.25, 0.3) is 5.92 Å². The third-order valence-corrected chi connectivity index (χ3v) is 4.30. The van der Waals surface area contributed by atoms with Gasteiger partial charge in [-0.05, 0) is 30.7 Å². The number of rotatable bonds is 3. The highest BCUT2D eigenvalue weighted by molar-refractivity contribution is 5.82. The first-order chi connectivity index (χ1) is 11.0.